The number of aromatic nitrogens is 5. The van der Waals surface area contributed by atoms with E-state index in [-0.39, 0.29) is 34.3 Å². The molecule has 3 N–H and O–H groups in total. The summed E-state index contributed by atoms with van der Waals surface area (Å²) in [4.78, 5) is 5.22. The minimum Gasteiger partial charge on any atom is -0.383 e. The van der Waals surface area contributed by atoms with Crippen LogP contribution in [0.4, 0.5) is 8.78 Å². The summed E-state index contributed by atoms with van der Waals surface area (Å²) >= 11 is 5.67. The molecule has 2 aromatic heterocycles. The number of pyridine rings is 1. The van der Waals surface area contributed by atoms with Crippen molar-refractivity contribution in [2.45, 2.75) is 19.1 Å². The lowest BCUT2D eigenvalue weighted by Gasteiger charge is -2.21. The smallest absolute Gasteiger partial charge is 0.223 e. The molecule has 0 aliphatic carbocycles. The number of hydrogen-bond acceptors (Lipinski definition) is 7. The molecule has 9 nitrogen and oxygen atoms in total. The van der Waals surface area contributed by atoms with Crippen molar-refractivity contribution in [3.63, 3.8) is 0 Å². The first-order valence-corrected chi connectivity index (χ1v) is 10.2. The average molecular weight is 445 g/mol. The minimum absolute atomic E-state index is 0.0386. The summed E-state index contributed by atoms with van der Waals surface area (Å²) in [6, 6.07) is 6.25. The Morgan fingerprint density at radius 1 is 1.28 bits per heavy atom. The highest BCUT2D eigenvalue weighted by Gasteiger charge is 2.30. The number of rotatable bonds is 6. The highest BCUT2D eigenvalue weighted by molar-refractivity contribution is 7.89. The van der Waals surface area contributed by atoms with E-state index >= 15 is 0 Å². The Hall–Kier alpha value is -2.54. The zero-order valence-electron chi connectivity index (χ0n) is 14.9. The Bertz CT molecular complexity index is 1170. The van der Waals surface area contributed by atoms with Gasteiger partial charge >= 0.3 is 0 Å². The average Bonchev–Trinajstić information content (AvgIpc) is 3.06. The summed E-state index contributed by atoms with van der Waals surface area (Å²) in [5, 5.41) is 26.8. The van der Waals surface area contributed by atoms with E-state index in [1.54, 1.807) is 0 Å². The van der Waals surface area contributed by atoms with Gasteiger partial charge in [-0.1, -0.05) is 17.7 Å². The van der Waals surface area contributed by atoms with Gasteiger partial charge in [-0.2, -0.15) is 4.80 Å². The quantitative estimate of drug-likeness (QED) is 0.545. The van der Waals surface area contributed by atoms with E-state index in [0.717, 1.165) is 10.9 Å². The molecule has 0 saturated carbocycles. The monoisotopic (exact) mass is 444 g/mol. The van der Waals surface area contributed by atoms with Crippen molar-refractivity contribution < 1.29 is 22.3 Å². The molecular formula is C16H15ClF2N6O3S. The molecule has 0 aliphatic heterocycles. The highest BCUT2D eigenvalue weighted by Crippen LogP contribution is 2.23. The van der Waals surface area contributed by atoms with Crippen LogP contribution in [-0.2, 0) is 22.2 Å². The predicted molar refractivity (Wildman–Crippen MR) is 99.1 cm³/mol. The molecule has 0 fully saturated rings. The van der Waals surface area contributed by atoms with Gasteiger partial charge in [0.2, 0.25) is 15.8 Å². The molecule has 3 rings (SSSR count). The Morgan fingerprint density at radius 3 is 2.69 bits per heavy atom. The van der Waals surface area contributed by atoms with Crippen LogP contribution < -0.4 is 5.14 Å². The number of sulfonamides is 1. The molecule has 0 bridgehead atoms. The van der Waals surface area contributed by atoms with Crippen LogP contribution in [0.25, 0.3) is 11.5 Å². The maximum Gasteiger partial charge on any atom is 0.223 e. The number of halogens is 3. The number of benzene rings is 1. The van der Waals surface area contributed by atoms with E-state index in [1.807, 2.05) is 0 Å². The minimum atomic E-state index is -3.96. The van der Waals surface area contributed by atoms with Gasteiger partial charge in [0.1, 0.15) is 22.9 Å². The third-order valence-corrected chi connectivity index (χ3v) is 5.12. The molecule has 1 aromatic carbocycles. The number of tetrazole rings is 1. The van der Waals surface area contributed by atoms with Crippen LogP contribution in [0.15, 0.2) is 30.3 Å². The lowest BCUT2D eigenvalue weighted by Crippen LogP contribution is -2.35. The van der Waals surface area contributed by atoms with Gasteiger partial charge in [-0.15, -0.1) is 10.2 Å². The summed E-state index contributed by atoms with van der Waals surface area (Å²) in [5.74, 6) is -2.38. The Labute approximate surface area is 169 Å². The number of hydrogen-bond donors (Lipinski definition) is 2. The van der Waals surface area contributed by atoms with Crippen molar-refractivity contribution >= 4 is 21.6 Å². The fourth-order valence-corrected chi connectivity index (χ4v) is 3.69. The summed E-state index contributed by atoms with van der Waals surface area (Å²) in [6.45, 7) is 1.09. The Morgan fingerprint density at radius 2 is 2.00 bits per heavy atom. The van der Waals surface area contributed by atoms with E-state index in [0.29, 0.717) is 6.07 Å². The van der Waals surface area contributed by atoms with Gasteiger partial charge in [0, 0.05) is 11.6 Å². The maximum absolute atomic E-state index is 13.9. The second-order valence-corrected chi connectivity index (χ2v) is 8.51. The SMILES string of the molecule is C[C@](O)(CS(N)(=O)=O)c1cccc(-c2nnn(Cc3cc(Cl)c(F)cc3F)n2)n1. The first kappa shape index (κ1) is 21.2. The number of primary sulfonamides is 1. The fraction of sp³-hybridized carbons (Fsp3) is 0.250. The van der Waals surface area contributed by atoms with Gasteiger partial charge in [-0.25, -0.2) is 27.3 Å². The van der Waals surface area contributed by atoms with E-state index in [1.165, 1.54) is 25.1 Å². The molecule has 0 aliphatic rings. The van der Waals surface area contributed by atoms with Crippen LogP contribution in [0.5, 0.6) is 0 Å². The maximum atomic E-state index is 13.9. The van der Waals surface area contributed by atoms with Gasteiger partial charge in [0.15, 0.2) is 0 Å². The largest absolute Gasteiger partial charge is 0.383 e. The van der Waals surface area contributed by atoms with E-state index in [2.05, 4.69) is 20.4 Å². The molecule has 1 atom stereocenters. The topological polar surface area (TPSA) is 137 Å². The summed E-state index contributed by atoms with van der Waals surface area (Å²) in [7, 11) is -3.96. The van der Waals surface area contributed by atoms with Gasteiger partial charge < -0.3 is 5.11 Å². The molecule has 3 aromatic rings. The standard InChI is InChI=1S/C16H15ClF2N6O3S/c1-16(26,8-29(20,27)28)14-4-2-3-13(21-14)15-22-24-25(23-15)7-9-5-10(17)12(19)6-11(9)18/h2-6,26H,7-8H2,1H3,(H2,20,27,28)/t16-/m0/s1. The van der Waals surface area contributed by atoms with Crippen LogP contribution >= 0.6 is 11.6 Å². The molecule has 0 spiro atoms. The third-order valence-electron chi connectivity index (χ3n) is 3.87. The van der Waals surface area contributed by atoms with Crippen molar-refractivity contribution in [1.29, 1.82) is 0 Å². The van der Waals surface area contributed by atoms with Gasteiger partial charge in [0.05, 0.1) is 23.0 Å². The van der Waals surface area contributed by atoms with Crippen molar-refractivity contribution in [1.82, 2.24) is 25.2 Å². The molecule has 0 amide bonds. The molecule has 13 heteroatoms. The first-order valence-electron chi connectivity index (χ1n) is 8.06. The number of nitrogens with zero attached hydrogens (tertiary/aromatic N) is 5. The zero-order valence-corrected chi connectivity index (χ0v) is 16.5. The van der Waals surface area contributed by atoms with Gasteiger partial charge in [-0.3, -0.25) is 0 Å². The van der Waals surface area contributed by atoms with E-state index in [9.17, 15) is 22.3 Å². The van der Waals surface area contributed by atoms with Crippen molar-refractivity contribution in [2.75, 3.05) is 5.75 Å². The molecule has 29 heavy (non-hydrogen) atoms. The van der Waals surface area contributed by atoms with Crippen LogP contribution in [0, 0.1) is 11.6 Å². The first-order chi connectivity index (χ1) is 13.4. The zero-order chi connectivity index (χ0) is 21.4. The second kappa shape index (κ2) is 7.71. The van der Waals surface area contributed by atoms with E-state index < -0.39 is 33.0 Å². The second-order valence-electron chi connectivity index (χ2n) is 6.49. The highest BCUT2D eigenvalue weighted by atomic mass is 35.5. The fourth-order valence-electron chi connectivity index (χ4n) is 2.57. The summed E-state index contributed by atoms with van der Waals surface area (Å²) in [6.07, 6.45) is 0. The molecule has 0 saturated heterocycles. The van der Waals surface area contributed by atoms with E-state index in [4.69, 9.17) is 16.7 Å². The lowest BCUT2D eigenvalue weighted by atomic mass is 10.0. The van der Waals surface area contributed by atoms with Crippen LogP contribution in [-0.4, -0.2) is 44.5 Å². The molecule has 2 heterocycles. The lowest BCUT2D eigenvalue weighted by molar-refractivity contribution is 0.0773. The van der Waals surface area contributed by atoms with Crippen LogP contribution in [0.2, 0.25) is 5.02 Å². The molecule has 154 valence electrons. The van der Waals surface area contributed by atoms with Crippen molar-refractivity contribution in [3.05, 3.63) is 58.2 Å². The summed E-state index contributed by atoms with van der Waals surface area (Å²) < 4.78 is 49.8. The van der Waals surface area contributed by atoms with Crippen molar-refractivity contribution in [3.8, 4) is 11.5 Å². The third kappa shape index (κ3) is 5.09. The Kier molecular flexibility index (Phi) is 5.63. The summed E-state index contributed by atoms with van der Waals surface area (Å²) in [5.41, 5.74) is -1.55. The predicted octanol–water partition coefficient (Wildman–Crippen LogP) is 1.21. The Balaban J connectivity index is 1.87. The van der Waals surface area contributed by atoms with Crippen LogP contribution in [0.1, 0.15) is 18.2 Å². The number of aliphatic hydroxyl groups is 1. The molecule has 0 unspecified atom stereocenters. The van der Waals surface area contributed by atoms with Crippen molar-refractivity contribution in [2.24, 2.45) is 5.14 Å². The van der Waals surface area contributed by atoms with Gasteiger partial charge in [0.25, 0.3) is 0 Å². The van der Waals surface area contributed by atoms with Crippen LogP contribution in [0.3, 0.4) is 0 Å². The molecule has 0 radical (unpaired) electrons. The normalized spacial score (nSPS) is 14.0. The molecular weight excluding hydrogens is 430 g/mol. The van der Waals surface area contributed by atoms with Gasteiger partial charge in [-0.05, 0) is 30.3 Å². The number of nitrogens with two attached hydrogens (primary N) is 1.